The second-order valence-electron chi connectivity index (χ2n) is 8.01. The van der Waals surface area contributed by atoms with Crippen LogP contribution in [-0.4, -0.2) is 132 Å². The highest BCUT2D eigenvalue weighted by Crippen LogP contribution is 2.24. The number of hydrogen-bond acceptors (Lipinski definition) is 10. The summed E-state index contributed by atoms with van der Waals surface area (Å²) in [6.45, 7) is -3.04. The van der Waals surface area contributed by atoms with E-state index in [1.165, 1.54) is 11.0 Å². The van der Waals surface area contributed by atoms with Crippen LogP contribution in [0, 0.1) is 0 Å². The van der Waals surface area contributed by atoms with Crippen molar-refractivity contribution < 1.29 is 52.8 Å². The Bertz CT molecular complexity index is 1080. The highest BCUT2D eigenvalue weighted by Gasteiger charge is 2.20. The summed E-state index contributed by atoms with van der Waals surface area (Å²) >= 11 is 6.03. The maximum atomic E-state index is 12.7. The van der Waals surface area contributed by atoms with E-state index >= 15 is 0 Å². The predicted molar refractivity (Wildman–Crippen MR) is 131 cm³/mol. The van der Waals surface area contributed by atoms with Crippen molar-refractivity contribution in [2.24, 2.45) is 5.14 Å². The van der Waals surface area contributed by atoms with Crippen molar-refractivity contribution in [3.8, 4) is 0 Å². The minimum Gasteiger partial charge on any atom is -0.480 e. The maximum Gasteiger partial charge on any atom is 0.317 e. The zero-order valence-electron chi connectivity index (χ0n) is 19.9. The molecule has 0 fully saturated rings. The van der Waals surface area contributed by atoms with E-state index in [-0.39, 0.29) is 48.3 Å². The Morgan fingerprint density at radius 1 is 0.737 bits per heavy atom. The molecule has 7 N–H and O–H groups in total. The largest absolute Gasteiger partial charge is 0.480 e. The molecule has 0 aliphatic heterocycles. The molecule has 0 bridgehead atoms. The Morgan fingerprint density at radius 2 is 1.13 bits per heavy atom. The molecule has 212 valence electrons. The molecule has 16 nitrogen and oxygen atoms in total. The van der Waals surface area contributed by atoms with Crippen molar-refractivity contribution in [3.63, 3.8) is 0 Å². The van der Waals surface area contributed by atoms with Crippen LogP contribution in [0.15, 0.2) is 23.1 Å². The highest BCUT2D eigenvalue weighted by atomic mass is 35.5. The van der Waals surface area contributed by atoms with Gasteiger partial charge in [0.05, 0.1) is 48.3 Å². The molecule has 0 atom stereocenters. The molecule has 0 saturated carbocycles. The summed E-state index contributed by atoms with van der Waals surface area (Å²) in [5, 5.41) is 43.5. The number of amides is 1. The van der Waals surface area contributed by atoms with Gasteiger partial charge in [-0.1, -0.05) is 11.6 Å². The Labute approximate surface area is 222 Å². The number of hydrogen-bond donors (Lipinski definition) is 6. The second kappa shape index (κ2) is 15.2. The molecule has 38 heavy (non-hydrogen) atoms. The van der Waals surface area contributed by atoms with Crippen LogP contribution in [0.4, 0.5) is 5.69 Å². The van der Waals surface area contributed by atoms with Crippen molar-refractivity contribution in [3.05, 3.63) is 23.2 Å². The molecule has 0 heterocycles. The Morgan fingerprint density at radius 3 is 1.47 bits per heavy atom. The number of nitrogens with two attached hydrogens (primary N) is 1. The van der Waals surface area contributed by atoms with Crippen molar-refractivity contribution >= 4 is 57.1 Å². The fraction of sp³-hybridized carbons (Fsp3) is 0.450. The number of anilines is 1. The third-order valence-electron chi connectivity index (χ3n) is 4.81. The van der Waals surface area contributed by atoms with Gasteiger partial charge in [0.25, 0.3) is 0 Å². The number of primary sulfonamides is 1. The lowest BCUT2D eigenvalue weighted by atomic mass is 10.3. The van der Waals surface area contributed by atoms with E-state index < -0.39 is 66.0 Å². The van der Waals surface area contributed by atoms with Crippen molar-refractivity contribution in [2.75, 3.05) is 64.2 Å². The summed E-state index contributed by atoms with van der Waals surface area (Å²) in [5.74, 6) is -5.75. The molecule has 0 aromatic heterocycles. The quantitative estimate of drug-likeness (QED) is 0.112. The van der Waals surface area contributed by atoms with E-state index in [2.05, 4.69) is 5.32 Å². The molecule has 0 unspecified atom stereocenters. The highest BCUT2D eigenvalue weighted by molar-refractivity contribution is 7.89. The Hall–Kier alpha value is -3.35. The van der Waals surface area contributed by atoms with Gasteiger partial charge in [-0.05, 0) is 18.2 Å². The van der Waals surface area contributed by atoms with Crippen LogP contribution >= 0.6 is 11.6 Å². The first-order valence-corrected chi connectivity index (χ1v) is 12.7. The number of halogens is 1. The maximum absolute atomic E-state index is 12.7. The van der Waals surface area contributed by atoms with E-state index in [0.717, 1.165) is 21.9 Å². The monoisotopic (exact) mass is 581 g/mol. The van der Waals surface area contributed by atoms with Gasteiger partial charge in [0.2, 0.25) is 15.9 Å². The molecule has 1 aromatic carbocycles. The molecule has 0 radical (unpaired) electrons. The average molecular weight is 582 g/mol. The van der Waals surface area contributed by atoms with Crippen LogP contribution in [0.2, 0.25) is 5.02 Å². The Balaban J connectivity index is 3.02. The number of carboxylic acids is 4. The molecule has 1 aromatic rings. The van der Waals surface area contributed by atoms with E-state index in [9.17, 15) is 32.4 Å². The third kappa shape index (κ3) is 13.3. The van der Waals surface area contributed by atoms with Gasteiger partial charge in [0.1, 0.15) is 0 Å². The minimum atomic E-state index is -4.04. The number of rotatable bonds is 18. The first-order valence-electron chi connectivity index (χ1n) is 10.7. The number of carboxylic acid groups (broad SMARTS) is 4. The summed E-state index contributed by atoms with van der Waals surface area (Å²) in [6, 6.07) is 3.38. The number of sulfonamides is 1. The molecule has 18 heteroatoms. The van der Waals surface area contributed by atoms with Gasteiger partial charge in [0.15, 0.2) is 0 Å². The van der Waals surface area contributed by atoms with Crippen LogP contribution in [0.3, 0.4) is 0 Å². The van der Waals surface area contributed by atoms with Crippen LogP contribution in [-0.2, 0) is 34.0 Å². The van der Waals surface area contributed by atoms with Gasteiger partial charge in [-0.2, -0.15) is 0 Å². The number of benzene rings is 1. The van der Waals surface area contributed by atoms with Gasteiger partial charge in [-0.15, -0.1) is 0 Å². The summed E-state index contributed by atoms with van der Waals surface area (Å²) in [4.78, 5) is 60.3. The first-order chi connectivity index (χ1) is 17.6. The molecule has 1 rings (SSSR count). The van der Waals surface area contributed by atoms with Gasteiger partial charge in [-0.3, -0.25) is 38.7 Å². The van der Waals surface area contributed by atoms with Crippen LogP contribution in [0.1, 0.15) is 0 Å². The van der Waals surface area contributed by atoms with E-state index in [4.69, 9.17) is 37.2 Å². The molecule has 0 saturated heterocycles. The van der Waals surface area contributed by atoms with E-state index in [1.54, 1.807) is 0 Å². The van der Waals surface area contributed by atoms with Crippen molar-refractivity contribution in [1.82, 2.24) is 14.7 Å². The molecule has 0 aliphatic rings. The zero-order chi connectivity index (χ0) is 29.0. The zero-order valence-corrected chi connectivity index (χ0v) is 21.5. The summed E-state index contributed by atoms with van der Waals surface area (Å²) in [5.41, 5.74) is 0.0563. The SMILES string of the molecule is NS(=O)(=O)c1ccc(NC(=O)CN(CCN(CC(=O)O)CC(=O)O)CCN(CC(=O)O)CC(=O)O)c(Cl)c1. The lowest BCUT2D eigenvalue weighted by molar-refractivity contribution is -0.143. The van der Waals surface area contributed by atoms with Crippen LogP contribution in [0.5, 0.6) is 0 Å². The third-order valence-corrected chi connectivity index (χ3v) is 6.03. The normalized spacial score (nSPS) is 11.6. The number of aliphatic carboxylic acids is 4. The molecule has 1 amide bonds. The lowest BCUT2D eigenvalue weighted by Crippen LogP contribution is -2.46. The smallest absolute Gasteiger partial charge is 0.317 e. The van der Waals surface area contributed by atoms with Gasteiger partial charge < -0.3 is 25.7 Å². The number of carbonyl (C=O) groups is 5. The van der Waals surface area contributed by atoms with Gasteiger partial charge >= 0.3 is 23.9 Å². The molecule has 0 aliphatic carbocycles. The van der Waals surface area contributed by atoms with Crippen molar-refractivity contribution in [1.29, 1.82) is 0 Å². The number of nitrogens with zero attached hydrogens (tertiary/aromatic N) is 3. The standard InChI is InChI=1S/C20H28ClN5O11S/c21-14-7-13(38(22,36)37)1-2-15(14)23-16(27)8-24(3-5-25(9-17(28)29)10-18(30)31)4-6-26(11-19(32)33)12-20(34)35/h1-2,7H,3-6,8-12H2,(H,23,27)(H,28,29)(H,30,31)(H,32,33)(H,34,35)(H2,22,36,37). The molecule has 0 spiro atoms. The first kappa shape index (κ1) is 32.7. The second-order valence-corrected chi connectivity index (χ2v) is 9.98. The number of nitrogens with one attached hydrogen (secondary N) is 1. The van der Waals surface area contributed by atoms with Gasteiger partial charge in [0, 0.05) is 26.2 Å². The predicted octanol–water partition coefficient (Wildman–Crippen LogP) is -1.83. The fourth-order valence-electron chi connectivity index (χ4n) is 3.20. The Kier molecular flexibility index (Phi) is 13.0. The van der Waals surface area contributed by atoms with E-state index in [0.29, 0.717) is 0 Å². The lowest BCUT2D eigenvalue weighted by Gasteiger charge is -2.28. The van der Waals surface area contributed by atoms with Crippen molar-refractivity contribution in [2.45, 2.75) is 4.90 Å². The van der Waals surface area contributed by atoms with Crippen LogP contribution in [0.25, 0.3) is 0 Å². The van der Waals surface area contributed by atoms with E-state index in [1.807, 2.05) is 0 Å². The van der Waals surface area contributed by atoms with Gasteiger partial charge in [-0.25, -0.2) is 13.6 Å². The summed E-state index contributed by atoms with van der Waals surface area (Å²) < 4.78 is 22.9. The molecular formula is C20H28ClN5O11S. The average Bonchev–Trinajstić information content (AvgIpc) is 2.74. The number of carbonyl (C=O) groups excluding carboxylic acids is 1. The van der Waals surface area contributed by atoms with Crippen LogP contribution < -0.4 is 10.5 Å². The fourth-order valence-corrected chi connectivity index (χ4v) is 4.03. The topological polar surface area (TPSA) is 248 Å². The minimum absolute atomic E-state index is 0.0416. The summed E-state index contributed by atoms with van der Waals surface area (Å²) in [7, 11) is -4.04. The molecular weight excluding hydrogens is 554 g/mol. The summed E-state index contributed by atoms with van der Waals surface area (Å²) in [6.07, 6.45) is 0.